The van der Waals surface area contributed by atoms with Crippen molar-refractivity contribution in [1.29, 1.82) is 5.26 Å². The second-order valence-electron chi connectivity index (χ2n) is 5.31. The van der Waals surface area contributed by atoms with Crippen molar-refractivity contribution in [2.75, 3.05) is 11.4 Å². The van der Waals surface area contributed by atoms with E-state index in [1.54, 1.807) is 18.7 Å². The van der Waals surface area contributed by atoms with Crippen LogP contribution in [-0.4, -0.2) is 29.6 Å². The minimum Gasteiger partial charge on any atom is -0.480 e. The molecule has 1 unspecified atom stereocenters. The molecule has 1 atom stereocenters. The number of hydrogen-bond donors (Lipinski definition) is 2. The highest BCUT2D eigenvalue weighted by Crippen LogP contribution is 2.14. The molecule has 0 bridgehead atoms. The second-order valence-corrected chi connectivity index (χ2v) is 5.31. The first-order chi connectivity index (χ1) is 10.9. The number of amides is 1. The molecule has 122 valence electrons. The number of carboxylic acids is 1. The Morgan fingerprint density at radius 2 is 1.96 bits per heavy atom. The Hall–Kier alpha value is -2.81. The van der Waals surface area contributed by atoms with E-state index < -0.39 is 17.9 Å². The molecule has 0 heterocycles. The van der Waals surface area contributed by atoms with E-state index in [9.17, 15) is 14.9 Å². The van der Waals surface area contributed by atoms with Crippen LogP contribution in [0.3, 0.4) is 0 Å². The summed E-state index contributed by atoms with van der Waals surface area (Å²) in [6.07, 6.45) is 1.43. The molecule has 1 aromatic carbocycles. The van der Waals surface area contributed by atoms with Gasteiger partial charge in [-0.3, -0.25) is 4.79 Å². The largest absolute Gasteiger partial charge is 0.480 e. The molecule has 1 rings (SSSR count). The van der Waals surface area contributed by atoms with Crippen LogP contribution in [0, 0.1) is 17.2 Å². The Bertz CT molecular complexity index is 618. The number of nitriles is 1. The molecule has 1 amide bonds. The Morgan fingerprint density at radius 1 is 1.35 bits per heavy atom. The molecule has 0 fully saturated rings. The van der Waals surface area contributed by atoms with Crippen molar-refractivity contribution in [2.24, 2.45) is 5.92 Å². The molecule has 0 aromatic heterocycles. The van der Waals surface area contributed by atoms with Gasteiger partial charge in [-0.05, 0) is 25.0 Å². The van der Waals surface area contributed by atoms with Gasteiger partial charge in [0.15, 0.2) is 0 Å². The van der Waals surface area contributed by atoms with E-state index in [0.717, 1.165) is 5.69 Å². The first-order valence-corrected chi connectivity index (χ1v) is 7.38. The highest BCUT2D eigenvalue weighted by molar-refractivity contribution is 5.99. The third-order valence-corrected chi connectivity index (χ3v) is 3.30. The molecule has 23 heavy (non-hydrogen) atoms. The number of benzene rings is 1. The van der Waals surface area contributed by atoms with E-state index in [0.29, 0.717) is 6.54 Å². The van der Waals surface area contributed by atoms with Gasteiger partial charge in [0.25, 0.3) is 5.91 Å². The monoisotopic (exact) mass is 315 g/mol. The number of hydrogen-bond acceptors (Lipinski definition) is 4. The van der Waals surface area contributed by atoms with Crippen molar-refractivity contribution < 1.29 is 14.7 Å². The summed E-state index contributed by atoms with van der Waals surface area (Å²) in [4.78, 5) is 25.1. The average molecular weight is 315 g/mol. The smallest absolute Gasteiger partial charge is 0.326 e. The van der Waals surface area contributed by atoms with E-state index in [-0.39, 0.29) is 11.5 Å². The third-order valence-electron chi connectivity index (χ3n) is 3.30. The molecule has 0 radical (unpaired) electrons. The van der Waals surface area contributed by atoms with Crippen molar-refractivity contribution in [3.63, 3.8) is 0 Å². The number of rotatable bonds is 7. The molecule has 0 spiro atoms. The number of para-hydroxylation sites is 1. The lowest BCUT2D eigenvalue weighted by Crippen LogP contribution is -2.45. The topological polar surface area (TPSA) is 93.4 Å². The zero-order valence-electron chi connectivity index (χ0n) is 13.5. The third kappa shape index (κ3) is 5.15. The Balaban J connectivity index is 2.99. The minimum atomic E-state index is -1.12. The molecule has 6 nitrogen and oxygen atoms in total. The van der Waals surface area contributed by atoms with Crippen LogP contribution in [0.25, 0.3) is 0 Å². The SMILES string of the molecule is CCN(/C=C(/C#N)C(=O)NC(C(=O)O)C(C)C)c1ccccc1. The van der Waals surface area contributed by atoms with Crippen LogP contribution in [0.5, 0.6) is 0 Å². The average Bonchev–Trinajstić information content (AvgIpc) is 2.53. The summed E-state index contributed by atoms with van der Waals surface area (Å²) in [5.41, 5.74) is 0.705. The van der Waals surface area contributed by atoms with E-state index in [4.69, 9.17) is 5.11 Å². The van der Waals surface area contributed by atoms with Crippen LogP contribution in [-0.2, 0) is 9.59 Å². The lowest BCUT2D eigenvalue weighted by Gasteiger charge is -2.20. The first kappa shape index (κ1) is 18.2. The maximum atomic E-state index is 12.2. The molecule has 2 N–H and O–H groups in total. The van der Waals surface area contributed by atoms with Crippen LogP contribution in [0.2, 0.25) is 0 Å². The lowest BCUT2D eigenvalue weighted by molar-refractivity contribution is -0.142. The van der Waals surface area contributed by atoms with Crippen molar-refractivity contribution >= 4 is 17.6 Å². The van der Waals surface area contributed by atoms with Gasteiger partial charge in [0, 0.05) is 18.4 Å². The molecule has 1 aromatic rings. The van der Waals surface area contributed by atoms with Crippen LogP contribution >= 0.6 is 0 Å². The van der Waals surface area contributed by atoms with Crippen molar-refractivity contribution in [3.8, 4) is 6.07 Å². The highest BCUT2D eigenvalue weighted by atomic mass is 16.4. The Morgan fingerprint density at radius 3 is 2.39 bits per heavy atom. The van der Waals surface area contributed by atoms with Crippen LogP contribution in [0.4, 0.5) is 5.69 Å². The van der Waals surface area contributed by atoms with Gasteiger partial charge in [-0.15, -0.1) is 0 Å². The van der Waals surface area contributed by atoms with E-state index >= 15 is 0 Å². The highest BCUT2D eigenvalue weighted by Gasteiger charge is 2.25. The van der Waals surface area contributed by atoms with Crippen LogP contribution in [0.15, 0.2) is 42.1 Å². The molecule has 0 aliphatic carbocycles. The molecular weight excluding hydrogens is 294 g/mol. The standard InChI is InChI=1S/C17H21N3O3/c1-4-20(14-8-6-5-7-9-14)11-13(10-18)16(21)19-15(12(2)3)17(22)23/h5-9,11-12,15H,4H2,1-3H3,(H,19,21)(H,22,23)/b13-11-. The first-order valence-electron chi connectivity index (χ1n) is 7.38. The number of nitrogens with one attached hydrogen (secondary N) is 1. The molecule has 0 aliphatic rings. The number of anilines is 1. The summed E-state index contributed by atoms with van der Waals surface area (Å²) in [5, 5.41) is 20.7. The summed E-state index contributed by atoms with van der Waals surface area (Å²) in [5.74, 6) is -2.10. The Kier molecular flexibility index (Phi) is 6.81. The fourth-order valence-corrected chi connectivity index (χ4v) is 1.99. The predicted octanol–water partition coefficient (Wildman–Crippen LogP) is 2.15. The lowest BCUT2D eigenvalue weighted by atomic mass is 10.0. The van der Waals surface area contributed by atoms with Gasteiger partial charge < -0.3 is 15.3 Å². The summed E-state index contributed by atoms with van der Waals surface area (Å²) >= 11 is 0. The van der Waals surface area contributed by atoms with E-state index in [1.807, 2.05) is 43.3 Å². The molecular formula is C17H21N3O3. The quantitative estimate of drug-likeness (QED) is 0.594. The van der Waals surface area contributed by atoms with Gasteiger partial charge in [-0.25, -0.2) is 4.79 Å². The van der Waals surface area contributed by atoms with Crippen LogP contribution < -0.4 is 10.2 Å². The van der Waals surface area contributed by atoms with E-state index in [2.05, 4.69) is 5.32 Å². The summed E-state index contributed by atoms with van der Waals surface area (Å²) in [6, 6.07) is 10.1. The number of carboxylic acid groups (broad SMARTS) is 1. The molecule has 0 aliphatic heterocycles. The number of carbonyl (C=O) groups excluding carboxylic acids is 1. The van der Waals surface area contributed by atoms with Gasteiger partial charge >= 0.3 is 5.97 Å². The van der Waals surface area contributed by atoms with Gasteiger partial charge in [0.2, 0.25) is 0 Å². The van der Waals surface area contributed by atoms with Gasteiger partial charge in [0.1, 0.15) is 17.7 Å². The summed E-state index contributed by atoms with van der Waals surface area (Å²) in [6.45, 7) is 5.84. The maximum absolute atomic E-state index is 12.2. The second kappa shape index (κ2) is 8.59. The number of nitrogens with zero attached hydrogens (tertiary/aromatic N) is 2. The maximum Gasteiger partial charge on any atom is 0.326 e. The normalized spacial score (nSPS) is 12.4. The number of carbonyl (C=O) groups is 2. The van der Waals surface area contributed by atoms with Gasteiger partial charge in [-0.1, -0.05) is 32.0 Å². The van der Waals surface area contributed by atoms with Gasteiger partial charge in [-0.2, -0.15) is 5.26 Å². The summed E-state index contributed by atoms with van der Waals surface area (Å²) < 4.78 is 0. The zero-order chi connectivity index (χ0) is 17.4. The minimum absolute atomic E-state index is 0.136. The Labute approximate surface area is 136 Å². The number of aliphatic carboxylic acids is 1. The molecule has 0 saturated carbocycles. The van der Waals surface area contributed by atoms with Crippen molar-refractivity contribution in [3.05, 3.63) is 42.1 Å². The fourth-order valence-electron chi connectivity index (χ4n) is 1.99. The predicted molar refractivity (Wildman–Crippen MR) is 87.6 cm³/mol. The molecule has 6 heteroatoms. The van der Waals surface area contributed by atoms with Crippen LogP contribution in [0.1, 0.15) is 20.8 Å². The zero-order valence-corrected chi connectivity index (χ0v) is 13.5. The van der Waals surface area contributed by atoms with Gasteiger partial charge in [0.05, 0.1) is 0 Å². The summed E-state index contributed by atoms with van der Waals surface area (Å²) in [7, 11) is 0. The fraction of sp³-hybridized carbons (Fsp3) is 0.353. The van der Waals surface area contributed by atoms with Crippen molar-refractivity contribution in [1.82, 2.24) is 5.32 Å². The van der Waals surface area contributed by atoms with E-state index in [1.165, 1.54) is 6.20 Å². The van der Waals surface area contributed by atoms with Crippen molar-refractivity contribution in [2.45, 2.75) is 26.8 Å². The molecule has 0 saturated heterocycles.